The molecule has 0 bridgehead atoms. The van der Waals surface area contributed by atoms with Gasteiger partial charge in [-0.1, -0.05) is 79.2 Å². The van der Waals surface area contributed by atoms with Crippen molar-refractivity contribution in [2.24, 2.45) is 35.5 Å². The van der Waals surface area contributed by atoms with E-state index in [-0.39, 0.29) is 78.6 Å². The van der Waals surface area contributed by atoms with E-state index < -0.39 is 24.0 Å². The number of aliphatic hydroxyl groups excluding tert-OH is 1. The molecule has 1 aromatic heterocycles. The number of rotatable bonds is 22. The summed E-state index contributed by atoms with van der Waals surface area (Å²) in [4.78, 5) is 65.6. The molecule has 10 heteroatoms. The minimum absolute atomic E-state index is 0.0206. The largest absolute Gasteiger partial charge is 0.396 e. The zero-order valence-corrected chi connectivity index (χ0v) is 35.1. The van der Waals surface area contributed by atoms with E-state index in [9.17, 15) is 24.3 Å². The van der Waals surface area contributed by atoms with Gasteiger partial charge in [0.1, 0.15) is 5.78 Å². The first-order valence-electron chi connectivity index (χ1n) is 20.3. The van der Waals surface area contributed by atoms with Gasteiger partial charge in [0.15, 0.2) is 5.78 Å². The summed E-state index contributed by atoms with van der Waals surface area (Å²) in [5.41, 5.74) is 2.08. The molecule has 302 valence electrons. The number of ether oxygens (including phenoxy) is 1. The van der Waals surface area contributed by atoms with Crippen LogP contribution in [0.1, 0.15) is 99.0 Å². The Morgan fingerprint density at radius 1 is 0.963 bits per heavy atom. The zero-order valence-electron chi connectivity index (χ0n) is 35.1. The van der Waals surface area contributed by atoms with Crippen LogP contribution in [0.2, 0.25) is 0 Å². The number of likely N-dealkylation sites (N-methyl/N-ethyl adjacent to an activating group) is 2. The number of benzene rings is 1. The number of carbonyl (C=O) groups is 4. The Bertz CT molecular complexity index is 1510. The minimum Gasteiger partial charge on any atom is -0.396 e. The van der Waals surface area contributed by atoms with E-state index in [4.69, 9.17) is 4.74 Å². The Kier molecular flexibility index (Phi) is 17.7. The van der Waals surface area contributed by atoms with Crippen LogP contribution in [-0.2, 0) is 30.3 Å². The van der Waals surface area contributed by atoms with Gasteiger partial charge in [-0.25, -0.2) is 0 Å². The van der Waals surface area contributed by atoms with Crippen molar-refractivity contribution in [3.8, 4) is 0 Å². The fourth-order valence-electron chi connectivity index (χ4n) is 8.93. The third kappa shape index (κ3) is 11.2. The van der Waals surface area contributed by atoms with Crippen LogP contribution in [0.5, 0.6) is 0 Å². The molecule has 1 saturated heterocycles. The van der Waals surface area contributed by atoms with Crippen LogP contribution >= 0.6 is 0 Å². The summed E-state index contributed by atoms with van der Waals surface area (Å²) < 4.78 is 6.05. The molecule has 10 nitrogen and oxygen atoms in total. The number of amides is 2. The lowest BCUT2D eigenvalue weighted by Gasteiger charge is -2.41. The molecule has 0 spiro atoms. The van der Waals surface area contributed by atoms with Crippen molar-refractivity contribution >= 4 is 34.3 Å². The first-order chi connectivity index (χ1) is 25.6. The Hall–Kier alpha value is -3.21. The molecular formula is C44H70N4O6. The number of carbonyl (C=O) groups excluding carboxylic acids is 4. The highest BCUT2D eigenvalue weighted by Crippen LogP contribution is 2.33. The van der Waals surface area contributed by atoms with Gasteiger partial charge in [-0.2, -0.15) is 0 Å². The van der Waals surface area contributed by atoms with E-state index in [0.29, 0.717) is 19.4 Å². The molecule has 3 rings (SSSR count). The Morgan fingerprint density at radius 3 is 2.24 bits per heavy atom. The SMILES string of the molecule is CC[C@H](C)C([C@@H](CC(=O)N1CCC[C@H]1[C@H](CO)[C@@H](C)C(=O)CCCc1cccc2cccnc12)OC)N(C)C(=O)[C@@H](CC(=O)[C@H](C(C)C)N(C)C)C(C)C. The molecule has 1 aliphatic heterocycles. The predicted octanol–water partition coefficient (Wildman–Crippen LogP) is 6.46. The molecule has 2 amide bonds. The van der Waals surface area contributed by atoms with E-state index in [1.165, 1.54) is 0 Å². The van der Waals surface area contributed by atoms with Gasteiger partial charge < -0.3 is 19.6 Å². The van der Waals surface area contributed by atoms with Gasteiger partial charge in [-0.3, -0.25) is 29.1 Å². The molecule has 1 aliphatic rings. The maximum absolute atomic E-state index is 14.3. The van der Waals surface area contributed by atoms with Gasteiger partial charge >= 0.3 is 0 Å². The highest BCUT2D eigenvalue weighted by Gasteiger charge is 2.42. The number of aromatic nitrogens is 1. The normalized spacial score (nSPS) is 18.8. The van der Waals surface area contributed by atoms with Crippen LogP contribution in [0.15, 0.2) is 36.5 Å². The molecule has 54 heavy (non-hydrogen) atoms. The molecular weight excluding hydrogens is 681 g/mol. The lowest BCUT2D eigenvalue weighted by atomic mass is 9.82. The van der Waals surface area contributed by atoms with Crippen LogP contribution in [0, 0.1) is 35.5 Å². The molecule has 1 N–H and O–H groups in total. The van der Waals surface area contributed by atoms with Crippen molar-refractivity contribution in [1.82, 2.24) is 19.7 Å². The molecule has 1 aromatic carbocycles. The average Bonchev–Trinajstić information content (AvgIpc) is 3.62. The number of methoxy groups -OCH3 is 1. The van der Waals surface area contributed by atoms with Crippen molar-refractivity contribution in [2.45, 2.75) is 124 Å². The lowest BCUT2D eigenvalue weighted by Crippen LogP contribution is -2.54. The minimum atomic E-state index is -0.577. The average molecular weight is 751 g/mol. The van der Waals surface area contributed by atoms with Crippen LogP contribution in [0.4, 0.5) is 0 Å². The highest BCUT2D eigenvalue weighted by molar-refractivity contribution is 5.90. The number of nitrogens with zero attached hydrogens (tertiary/aromatic N) is 4. The first-order valence-corrected chi connectivity index (χ1v) is 20.3. The second kappa shape index (κ2) is 21.2. The number of likely N-dealkylation sites (tertiary alicyclic amines) is 1. The molecule has 0 saturated carbocycles. The Labute approximate surface area is 325 Å². The predicted molar refractivity (Wildman–Crippen MR) is 216 cm³/mol. The van der Waals surface area contributed by atoms with E-state index in [2.05, 4.69) is 24.9 Å². The summed E-state index contributed by atoms with van der Waals surface area (Å²) in [6.45, 7) is 14.4. The summed E-state index contributed by atoms with van der Waals surface area (Å²) in [7, 11) is 7.18. The summed E-state index contributed by atoms with van der Waals surface area (Å²) in [5, 5.41) is 11.7. The topological polar surface area (TPSA) is 120 Å². The summed E-state index contributed by atoms with van der Waals surface area (Å²) in [5.74, 6) is -1.26. The van der Waals surface area contributed by atoms with Gasteiger partial charge in [0, 0.05) is 75.5 Å². The third-order valence-electron chi connectivity index (χ3n) is 12.2. The molecule has 0 aliphatic carbocycles. The fraction of sp³-hybridized carbons (Fsp3) is 0.705. The number of para-hydroxylation sites is 1. The zero-order chi connectivity index (χ0) is 40.3. The smallest absolute Gasteiger partial charge is 0.226 e. The van der Waals surface area contributed by atoms with Crippen LogP contribution in [0.25, 0.3) is 10.9 Å². The standard InChI is InChI=1S/C44H70N4O6/c1-12-30(6)43(47(10)44(53)34(28(2)3)25-38(51)42(29(4)5)46(8)9)39(54-11)26-40(52)48-24-16-21-36(48)35(27-49)31(7)37(50)22-14-19-32-17-13-18-33-20-15-23-45-41(32)33/h13,15,17-18,20,23,28-31,34-36,39,42-43,49H,12,14,16,19,21-22,24-27H2,1-11H3/t30-,31+,34-,35+,36-,39+,42-,43?/m0/s1. The van der Waals surface area contributed by atoms with Gasteiger partial charge in [0.25, 0.3) is 0 Å². The number of hydrogen-bond donors (Lipinski definition) is 1. The summed E-state index contributed by atoms with van der Waals surface area (Å²) in [6, 6.07) is 9.15. The van der Waals surface area contributed by atoms with Crippen LogP contribution in [0.3, 0.4) is 0 Å². The monoisotopic (exact) mass is 751 g/mol. The van der Waals surface area contributed by atoms with Crippen molar-refractivity contribution in [2.75, 3.05) is 41.4 Å². The highest BCUT2D eigenvalue weighted by atomic mass is 16.5. The third-order valence-corrected chi connectivity index (χ3v) is 12.2. The van der Waals surface area contributed by atoms with E-state index in [1.54, 1.807) is 25.3 Å². The quantitative estimate of drug-likeness (QED) is 0.146. The number of pyridine rings is 1. The maximum atomic E-state index is 14.3. The number of Topliss-reactive ketones (excluding diaryl/α,β-unsaturated/α-hetero) is 2. The molecule has 2 aromatic rings. The van der Waals surface area contributed by atoms with Gasteiger partial charge in [-0.05, 0) is 69.2 Å². The van der Waals surface area contributed by atoms with Crippen molar-refractivity contribution < 1.29 is 29.0 Å². The molecule has 8 atom stereocenters. The fourth-order valence-corrected chi connectivity index (χ4v) is 8.93. The number of ketones is 2. The second-order valence-electron chi connectivity index (χ2n) is 16.7. The molecule has 0 radical (unpaired) electrons. The molecule has 1 fully saturated rings. The van der Waals surface area contributed by atoms with Crippen LogP contribution < -0.4 is 0 Å². The summed E-state index contributed by atoms with van der Waals surface area (Å²) in [6.07, 6.45) is 5.53. The Morgan fingerprint density at radius 2 is 1.65 bits per heavy atom. The van der Waals surface area contributed by atoms with Gasteiger partial charge in [0.05, 0.1) is 30.1 Å². The molecule has 2 heterocycles. The maximum Gasteiger partial charge on any atom is 0.226 e. The van der Waals surface area contributed by atoms with Gasteiger partial charge in [-0.15, -0.1) is 0 Å². The van der Waals surface area contributed by atoms with Gasteiger partial charge in [0.2, 0.25) is 11.8 Å². The van der Waals surface area contributed by atoms with Crippen molar-refractivity contribution in [3.63, 3.8) is 0 Å². The van der Waals surface area contributed by atoms with E-state index in [1.807, 2.05) is 82.8 Å². The molecule has 1 unspecified atom stereocenters. The van der Waals surface area contributed by atoms with Crippen LogP contribution in [-0.4, -0.2) is 114 Å². The van der Waals surface area contributed by atoms with Crippen molar-refractivity contribution in [1.29, 1.82) is 0 Å². The number of hydrogen-bond acceptors (Lipinski definition) is 8. The van der Waals surface area contributed by atoms with Crippen molar-refractivity contribution in [3.05, 3.63) is 42.1 Å². The van der Waals surface area contributed by atoms with E-state index >= 15 is 0 Å². The number of aliphatic hydroxyl groups is 1. The second-order valence-corrected chi connectivity index (χ2v) is 16.7. The van der Waals surface area contributed by atoms with E-state index in [0.717, 1.165) is 42.1 Å². The number of fused-ring (bicyclic) bond motifs is 1. The Balaban J connectivity index is 1.73. The first kappa shape index (κ1) is 45.2. The number of aryl methyl sites for hydroxylation is 1. The lowest BCUT2D eigenvalue weighted by molar-refractivity contribution is -0.148. The summed E-state index contributed by atoms with van der Waals surface area (Å²) >= 11 is 0.